The van der Waals surface area contributed by atoms with Crippen molar-refractivity contribution in [3.63, 3.8) is 0 Å². The maximum atomic E-state index is 13.2. The molecule has 0 unspecified atom stereocenters. The lowest BCUT2D eigenvalue weighted by Crippen LogP contribution is -2.38. The molecule has 1 aromatic carbocycles. The minimum absolute atomic E-state index is 0.118. The molecule has 3 aromatic rings. The molecule has 2 aromatic heterocycles. The number of methoxy groups -OCH3 is 1. The Hall–Kier alpha value is -2.67. The monoisotopic (exact) mass is 410 g/mol. The van der Waals surface area contributed by atoms with E-state index < -0.39 is 0 Å². The van der Waals surface area contributed by atoms with E-state index in [-0.39, 0.29) is 5.91 Å². The highest BCUT2D eigenvalue weighted by atomic mass is 32.1. The molecule has 7 heteroatoms. The van der Waals surface area contributed by atoms with Crippen LogP contribution in [0.1, 0.15) is 40.6 Å². The number of aromatic nitrogens is 2. The van der Waals surface area contributed by atoms with Gasteiger partial charge < -0.3 is 15.0 Å². The summed E-state index contributed by atoms with van der Waals surface area (Å²) in [5, 5.41) is 4.34. The van der Waals surface area contributed by atoms with E-state index >= 15 is 0 Å². The van der Waals surface area contributed by atoms with Gasteiger partial charge in [0, 0.05) is 25.2 Å². The lowest BCUT2D eigenvalue weighted by Gasteiger charge is -2.30. The van der Waals surface area contributed by atoms with Crippen LogP contribution in [0.25, 0.3) is 10.2 Å². The maximum Gasteiger partial charge on any atom is 0.264 e. The summed E-state index contributed by atoms with van der Waals surface area (Å²) in [4.78, 5) is 25.6. The van der Waals surface area contributed by atoms with E-state index in [1.54, 1.807) is 13.4 Å². The van der Waals surface area contributed by atoms with Gasteiger partial charge in [0.2, 0.25) is 0 Å². The topological polar surface area (TPSA) is 67.3 Å². The van der Waals surface area contributed by atoms with Crippen molar-refractivity contribution in [3.8, 4) is 5.75 Å². The second-order valence-corrected chi connectivity index (χ2v) is 8.62. The van der Waals surface area contributed by atoms with Crippen molar-refractivity contribution in [2.75, 3.05) is 25.5 Å². The summed E-state index contributed by atoms with van der Waals surface area (Å²) >= 11 is 1.46. The molecule has 6 nitrogen and oxygen atoms in total. The molecule has 0 spiro atoms. The van der Waals surface area contributed by atoms with Gasteiger partial charge in [-0.3, -0.25) is 4.79 Å². The van der Waals surface area contributed by atoms with Crippen LogP contribution in [0.3, 0.4) is 0 Å². The number of para-hydroxylation sites is 1. The van der Waals surface area contributed by atoms with E-state index in [0.717, 1.165) is 57.3 Å². The zero-order chi connectivity index (χ0) is 20.4. The van der Waals surface area contributed by atoms with E-state index in [1.807, 2.05) is 36.1 Å². The van der Waals surface area contributed by atoms with Crippen LogP contribution in [0.2, 0.25) is 0 Å². The van der Waals surface area contributed by atoms with Crippen molar-refractivity contribution in [2.24, 2.45) is 5.92 Å². The molecule has 4 rings (SSSR count). The first-order valence-corrected chi connectivity index (χ1v) is 10.8. The number of amides is 1. The van der Waals surface area contributed by atoms with E-state index in [9.17, 15) is 4.79 Å². The first-order valence-electron chi connectivity index (χ1n) is 9.97. The van der Waals surface area contributed by atoms with Crippen molar-refractivity contribution in [2.45, 2.75) is 33.2 Å². The molecule has 1 saturated heterocycles. The first kappa shape index (κ1) is 19.6. The van der Waals surface area contributed by atoms with E-state index in [4.69, 9.17) is 4.74 Å². The molecule has 152 valence electrons. The molecule has 1 fully saturated rings. The Morgan fingerprint density at radius 3 is 2.97 bits per heavy atom. The summed E-state index contributed by atoms with van der Waals surface area (Å²) in [6, 6.07) is 7.91. The quantitative estimate of drug-likeness (QED) is 0.671. The van der Waals surface area contributed by atoms with Crippen LogP contribution in [0.4, 0.5) is 5.82 Å². The van der Waals surface area contributed by atoms with Gasteiger partial charge in [0.1, 0.15) is 22.7 Å². The molecule has 0 bridgehead atoms. The van der Waals surface area contributed by atoms with Gasteiger partial charge in [-0.15, -0.1) is 11.3 Å². The zero-order valence-corrected chi connectivity index (χ0v) is 17.9. The molecule has 1 N–H and O–H groups in total. The van der Waals surface area contributed by atoms with Gasteiger partial charge in [-0.25, -0.2) is 9.97 Å². The molecule has 0 radical (unpaired) electrons. The van der Waals surface area contributed by atoms with Crippen molar-refractivity contribution in [1.29, 1.82) is 0 Å². The van der Waals surface area contributed by atoms with Crippen molar-refractivity contribution in [1.82, 2.24) is 14.9 Å². The number of rotatable bonds is 5. The van der Waals surface area contributed by atoms with Crippen LogP contribution in [-0.2, 0) is 6.54 Å². The third-order valence-corrected chi connectivity index (χ3v) is 6.69. The van der Waals surface area contributed by atoms with E-state index in [0.29, 0.717) is 12.5 Å². The Morgan fingerprint density at radius 1 is 1.34 bits per heavy atom. The summed E-state index contributed by atoms with van der Waals surface area (Å²) < 4.78 is 5.44. The number of carbonyl (C=O) groups excluding carboxylic acids is 1. The molecule has 0 aliphatic carbocycles. The predicted octanol–water partition coefficient (Wildman–Crippen LogP) is 4.49. The number of ether oxygens (including phenoxy) is 1. The predicted molar refractivity (Wildman–Crippen MR) is 117 cm³/mol. The third kappa shape index (κ3) is 3.92. The van der Waals surface area contributed by atoms with Crippen LogP contribution in [-0.4, -0.2) is 41.0 Å². The number of nitrogens with zero attached hydrogens (tertiary/aromatic N) is 3. The second kappa shape index (κ2) is 8.37. The fourth-order valence-corrected chi connectivity index (χ4v) is 5.07. The van der Waals surface area contributed by atoms with Crippen LogP contribution >= 0.6 is 11.3 Å². The summed E-state index contributed by atoms with van der Waals surface area (Å²) in [6.07, 6.45) is 3.82. The summed E-state index contributed by atoms with van der Waals surface area (Å²) in [7, 11) is 1.67. The molecular weight excluding hydrogens is 384 g/mol. The number of hydrogen-bond donors (Lipinski definition) is 1. The average molecular weight is 411 g/mol. The highest BCUT2D eigenvalue weighted by Crippen LogP contribution is 2.35. The highest BCUT2D eigenvalue weighted by Gasteiger charge is 2.26. The van der Waals surface area contributed by atoms with Crippen LogP contribution in [0.15, 0.2) is 30.6 Å². The Balaban J connectivity index is 1.62. The standard InChI is InChI=1S/C22H26N4O2S/c1-14-7-6-10-26(12-14)22(27)19-15(2)18-20(24-13-25-21(18)29-19)23-11-16-8-4-5-9-17(16)28-3/h4-5,8-9,13-14H,6-7,10-12H2,1-3H3,(H,23,24,25)/t14-/m1/s1. The minimum Gasteiger partial charge on any atom is -0.496 e. The number of fused-ring (bicyclic) bond motifs is 1. The third-order valence-electron chi connectivity index (χ3n) is 5.50. The fraction of sp³-hybridized carbons (Fsp3) is 0.409. The largest absolute Gasteiger partial charge is 0.496 e. The van der Waals surface area contributed by atoms with Crippen LogP contribution in [0.5, 0.6) is 5.75 Å². The van der Waals surface area contributed by atoms with Crippen molar-refractivity contribution < 1.29 is 9.53 Å². The number of thiophene rings is 1. The lowest BCUT2D eigenvalue weighted by molar-refractivity contribution is 0.0687. The lowest BCUT2D eigenvalue weighted by atomic mass is 10.00. The molecule has 1 amide bonds. The number of aryl methyl sites for hydroxylation is 1. The number of likely N-dealkylation sites (tertiary alicyclic amines) is 1. The SMILES string of the molecule is COc1ccccc1CNc1ncnc2sc(C(=O)N3CCC[C@@H](C)C3)c(C)c12. The molecule has 1 aliphatic heterocycles. The van der Waals surface area contributed by atoms with Gasteiger partial charge in [0.05, 0.1) is 17.4 Å². The molecule has 1 aliphatic rings. The molecule has 1 atom stereocenters. The fourth-order valence-electron chi connectivity index (χ4n) is 3.96. The Bertz CT molecular complexity index is 1030. The molecule has 29 heavy (non-hydrogen) atoms. The number of nitrogens with one attached hydrogen (secondary N) is 1. The van der Waals surface area contributed by atoms with E-state index in [2.05, 4.69) is 22.2 Å². The Kier molecular flexibility index (Phi) is 5.67. The zero-order valence-electron chi connectivity index (χ0n) is 17.1. The number of hydrogen-bond acceptors (Lipinski definition) is 6. The van der Waals surface area contributed by atoms with E-state index in [1.165, 1.54) is 17.8 Å². The molecule has 0 saturated carbocycles. The normalized spacial score (nSPS) is 16.8. The number of anilines is 1. The maximum absolute atomic E-state index is 13.2. The number of benzene rings is 1. The minimum atomic E-state index is 0.118. The number of carbonyl (C=O) groups is 1. The first-order chi connectivity index (χ1) is 14.1. The van der Waals surface area contributed by atoms with Gasteiger partial charge in [-0.1, -0.05) is 25.1 Å². The highest BCUT2D eigenvalue weighted by molar-refractivity contribution is 7.20. The van der Waals surface area contributed by atoms with Gasteiger partial charge in [0.15, 0.2) is 0 Å². The smallest absolute Gasteiger partial charge is 0.264 e. The van der Waals surface area contributed by atoms with Crippen molar-refractivity contribution in [3.05, 3.63) is 46.6 Å². The Labute approximate surface area is 174 Å². The van der Waals surface area contributed by atoms with Gasteiger partial charge in [0.25, 0.3) is 5.91 Å². The van der Waals surface area contributed by atoms with Gasteiger partial charge in [-0.05, 0) is 37.3 Å². The van der Waals surface area contributed by atoms with Crippen LogP contribution < -0.4 is 10.1 Å². The van der Waals surface area contributed by atoms with Crippen LogP contribution in [0, 0.1) is 12.8 Å². The molecular formula is C22H26N4O2S. The average Bonchev–Trinajstić information content (AvgIpc) is 3.09. The summed E-state index contributed by atoms with van der Waals surface area (Å²) in [6.45, 7) is 6.45. The van der Waals surface area contributed by atoms with Gasteiger partial charge >= 0.3 is 0 Å². The second-order valence-electron chi connectivity index (χ2n) is 7.62. The van der Waals surface area contributed by atoms with Crippen molar-refractivity contribution >= 4 is 33.3 Å². The number of piperidine rings is 1. The van der Waals surface area contributed by atoms with Gasteiger partial charge in [-0.2, -0.15) is 0 Å². The summed E-state index contributed by atoms with van der Waals surface area (Å²) in [5.74, 6) is 2.26. The summed E-state index contributed by atoms with van der Waals surface area (Å²) in [5.41, 5.74) is 2.00. The molecule has 3 heterocycles. The Morgan fingerprint density at radius 2 is 2.17 bits per heavy atom.